The maximum atomic E-state index is 11.8. The van der Waals surface area contributed by atoms with E-state index in [0.29, 0.717) is 10.6 Å². The van der Waals surface area contributed by atoms with Crippen molar-refractivity contribution in [1.82, 2.24) is 0 Å². The van der Waals surface area contributed by atoms with Crippen LogP contribution in [0.3, 0.4) is 0 Å². The average molecular weight is 308 g/mol. The topological polar surface area (TPSA) is 88.8 Å². The summed E-state index contributed by atoms with van der Waals surface area (Å²) >= 11 is 1.21. The molecule has 1 heterocycles. The summed E-state index contributed by atoms with van der Waals surface area (Å²) in [5.74, 6) is -2.32. The molecule has 1 atom stereocenters. The van der Waals surface area contributed by atoms with Crippen molar-refractivity contribution in [3.05, 3.63) is 17.0 Å². The molecule has 0 aromatic carbocycles. The number of nitriles is 1. The van der Waals surface area contributed by atoms with Crippen LogP contribution in [-0.2, 0) is 14.3 Å². The first-order valence-electron chi connectivity index (χ1n) is 6.11. The van der Waals surface area contributed by atoms with Crippen LogP contribution in [0.25, 0.3) is 0 Å². The Bertz CT molecular complexity index is 593. The van der Waals surface area contributed by atoms with E-state index in [9.17, 15) is 9.59 Å². The quantitative estimate of drug-likeness (QED) is 0.630. The van der Waals surface area contributed by atoms with Crippen LogP contribution in [0.15, 0.2) is 16.4 Å². The number of esters is 2. The third-order valence-electron chi connectivity index (χ3n) is 2.19. The van der Waals surface area contributed by atoms with Gasteiger partial charge in [-0.3, -0.25) is 4.79 Å². The number of nitrogens with zero attached hydrogens (tertiary/aromatic N) is 2. The second-order valence-electron chi connectivity index (χ2n) is 5.05. The Morgan fingerprint density at radius 2 is 2.14 bits per heavy atom. The van der Waals surface area contributed by atoms with Crippen LogP contribution in [0.1, 0.15) is 31.1 Å². The summed E-state index contributed by atoms with van der Waals surface area (Å²) in [6.07, 6.45) is 1.17. The summed E-state index contributed by atoms with van der Waals surface area (Å²) in [5, 5.41) is 11.1. The van der Waals surface area contributed by atoms with Crippen LogP contribution in [0.5, 0.6) is 0 Å². The first-order chi connectivity index (χ1) is 9.78. The molecule has 1 unspecified atom stereocenters. The number of rotatable bonds is 4. The molecule has 6 nitrogen and oxygen atoms in total. The van der Waals surface area contributed by atoms with Crippen LogP contribution in [0.4, 0.5) is 5.00 Å². The smallest absolute Gasteiger partial charge is 0.340 e. The van der Waals surface area contributed by atoms with Gasteiger partial charge in [0.1, 0.15) is 10.6 Å². The van der Waals surface area contributed by atoms with E-state index in [0.717, 1.165) is 0 Å². The van der Waals surface area contributed by atoms with E-state index in [1.807, 2.05) is 6.07 Å². The molecule has 0 saturated carbocycles. The summed E-state index contributed by atoms with van der Waals surface area (Å²) in [6, 6.07) is 3.38. The molecule has 21 heavy (non-hydrogen) atoms. The van der Waals surface area contributed by atoms with E-state index in [-0.39, 0.29) is 0 Å². The maximum absolute atomic E-state index is 11.8. The number of ether oxygens (including phenoxy) is 2. The first-order valence-corrected chi connectivity index (χ1v) is 6.99. The van der Waals surface area contributed by atoms with Crippen molar-refractivity contribution in [1.29, 1.82) is 5.26 Å². The maximum Gasteiger partial charge on any atom is 0.340 e. The van der Waals surface area contributed by atoms with Gasteiger partial charge in [0.2, 0.25) is 0 Å². The Labute approximate surface area is 127 Å². The van der Waals surface area contributed by atoms with Gasteiger partial charge in [-0.15, -0.1) is 11.3 Å². The van der Waals surface area contributed by atoms with E-state index < -0.39 is 23.5 Å². The molecule has 1 aromatic rings. The highest BCUT2D eigenvalue weighted by atomic mass is 32.1. The predicted molar refractivity (Wildman–Crippen MR) is 78.8 cm³/mol. The minimum Gasteiger partial charge on any atom is -0.465 e. The molecule has 0 fully saturated rings. The molecule has 0 spiro atoms. The summed E-state index contributed by atoms with van der Waals surface area (Å²) in [4.78, 5) is 27.3. The summed E-state index contributed by atoms with van der Waals surface area (Å²) in [7, 11) is 1.27. The second kappa shape index (κ2) is 6.99. The molecule has 0 bridgehead atoms. The number of carbonyl (C=O) groups is 2. The lowest BCUT2D eigenvalue weighted by molar-refractivity contribution is -0.155. The first kappa shape index (κ1) is 16.9. The van der Waals surface area contributed by atoms with Gasteiger partial charge in [-0.2, -0.15) is 5.26 Å². The zero-order valence-electron chi connectivity index (χ0n) is 12.2. The standard InChI is InChI=1S/C14H16N2O4S/c1-14(2,3)20-12(17)9(7-15)8-16-11-10(5-6-21-11)13(18)19-4/h5-6,8-9H,1-4H3. The van der Waals surface area contributed by atoms with Crippen molar-refractivity contribution in [2.24, 2.45) is 10.9 Å². The predicted octanol–water partition coefficient (Wildman–Crippen LogP) is 2.72. The van der Waals surface area contributed by atoms with Crippen molar-refractivity contribution in [3.63, 3.8) is 0 Å². The van der Waals surface area contributed by atoms with Gasteiger partial charge in [-0.1, -0.05) is 0 Å². The molecule has 0 N–H and O–H groups in total. The van der Waals surface area contributed by atoms with Crippen molar-refractivity contribution in [3.8, 4) is 6.07 Å². The minimum absolute atomic E-state index is 0.291. The zero-order chi connectivity index (χ0) is 16.0. The molecule has 7 heteroatoms. The Morgan fingerprint density at radius 3 is 2.67 bits per heavy atom. The number of carbonyl (C=O) groups excluding carboxylic acids is 2. The van der Waals surface area contributed by atoms with Crippen molar-refractivity contribution < 1.29 is 19.1 Å². The van der Waals surface area contributed by atoms with Gasteiger partial charge >= 0.3 is 11.9 Å². The molecule has 0 saturated heterocycles. The van der Waals surface area contributed by atoms with E-state index >= 15 is 0 Å². The van der Waals surface area contributed by atoms with Gasteiger partial charge in [0.15, 0.2) is 5.92 Å². The fourth-order valence-electron chi connectivity index (χ4n) is 1.32. The minimum atomic E-state index is -1.13. The van der Waals surface area contributed by atoms with E-state index in [1.54, 1.807) is 32.2 Å². The molecule has 0 radical (unpaired) electrons. The Kier molecular flexibility index (Phi) is 5.61. The summed E-state index contributed by atoms with van der Waals surface area (Å²) < 4.78 is 9.74. The fourth-order valence-corrected chi connectivity index (χ4v) is 2.05. The normalized spacial score (nSPS) is 12.7. The lowest BCUT2D eigenvalue weighted by atomic mass is 10.1. The Morgan fingerprint density at radius 1 is 1.48 bits per heavy atom. The Balaban J connectivity index is 2.88. The van der Waals surface area contributed by atoms with Crippen molar-refractivity contribution in [2.45, 2.75) is 26.4 Å². The monoisotopic (exact) mass is 308 g/mol. The zero-order valence-corrected chi connectivity index (χ0v) is 13.1. The van der Waals surface area contributed by atoms with Crippen LogP contribution in [0, 0.1) is 17.2 Å². The molecule has 1 aromatic heterocycles. The van der Waals surface area contributed by atoms with Crippen LogP contribution in [-0.4, -0.2) is 30.9 Å². The van der Waals surface area contributed by atoms with E-state index in [4.69, 9.17) is 10.00 Å². The summed E-state index contributed by atoms with van der Waals surface area (Å²) in [5.41, 5.74) is -0.389. The van der Waals surface area contributed by atoms with Gasteiger partial charge in [-0.05, 0) is 32.2 Å². The lowest BCUT2D eigenvalue weighted by Crippen LogP contribution is -2.28. The molecule has 0 aliphatic carbocycles. The van der Waals surface area contributed by atoms with Gasteiger partial charge in [0.25, 0.3) is 0 Å². The highest BCUT2D eigenvalue weighted by Crippen LogP contribution is 2.27. The molecule has 0 amide bonds. The third-order valence-corrected chi connectivity index (χ3v) is 3.01. The highest BCUT2D eigenvalue weighted by molar-refractivity contribution is 7.14. The average Bonchev–Trinajstić information content (AvgIpc) is 2.85. The van der Waals surface area contributed by atoms with Crippen LogP contribution >= 0.6 is 11.3 Å². The summed E-state index contributed by atoms with van der Waals surface area (Å²) in [6.45, 7) is 5.14. The molecular weight excluding hydrogens is 292 g/mol. The fraction of sp³-hybridized carbons (Fsp3) is 0.429. The lowest BCUT2D eigenvalue weighted by Gasteiger charge is -2.20. The second-order valence-corrected chi connectivity index (χ2v) is 5.94. The van der Waals surface area contributed by atoms with Crippen molar-refractivity contribution in [2.75, 3.05) is 7.11 Å². The number of hydrogen-bond acceptors (Lipinski definition) is 7. The van der Waals surface area contributed by atoms with E-state index in [2.05, 4.69) is 9.73 Å². The molecule has 0 aliphatic heterocycles. The number of hydrogen-bond donors (Lipinski definition) is 0. The highest BCUT2D eigenvalue weighted by Gasteiger charge is 2.24. The van der Waals surface area contributed by atoms with Gasteiger partial charge in [-0.25, -0.2) is 9.79 Å². The largest absolute Gasteiger partial charge is 0.465 e. The molecule has 0 aliphatic rings. The SMILES string of the molecule is COC(=O)c1ccsc1N=CC(C#N)C(=O)OC(C)(C)C. The molecular formula is C14H16N2O4S. The Hall–Kier alpha value is -2.20. The van der Waals surface area contributed by atoms with Crippen molar-refractivity contribution >= 4 is 34.5 Å². The van der Waals surface area contributed by atoms with Gasteiger partial charge < -0.3 is 9.47 Å². The number of thiophene rings is 1. The molecule has 112 valence electrons. The number of aliphatic imine (C=N–C) groups is 1. The molecule has 1 rings (SSSR count). The van der Waals surface area contributed by atoms with Gasteiger partial charge in [0, 0.05) is 6.21 Å². The van der Waals surface area contributed by atoms with E-state index in [1.165, 1.54) is 24.7 Å². The van der Waals surface area contributed by atoms with Crippen LogP contribution in [0.2, 0.25) is 0 Å². The van der Waals surface area contributed by atoms with Gasteiger partial charge in [0.05, 0.1) is 18.7 Å². The number of methoxy groups -OCH3 is 1. The van der Waals surface area contributed by atoms with Crippen LogP contribution < -0.4 is 0 Å². The third kappa shape index (κ3) is 5.00.